The fraction of sp³-hybridized carbons (Fsp3) is 0.233. The number of amides is 1. The van der Waals surface area contributed by atoms with Crippen molar-refractivity contribution in [3.8, 4) is 33.8 Å². The van der Waals surface area contributed by atoms with Crippen molar-refractivity contribution in [3.05, 3.63) is 66.9 Å². The molecule has 4 N–H and O–H groups in total. The molecule has 6 aromatic rings. The number of benzene rings is 1. The fourth-order valence-corrected chi connectivity index (χ4v) is 5.56. The molecule has 0 unspecified atom stereocenters. The predicted octanol–water partition coefficient (Wildman–Crippen LogP) is 6.39. The average Bonchev–Trinajstić information content (AvgIpc) is 3.71. The molecule has 0 spiro atoms. The third-order valence-corrected chi connectivity index (χ3v) is 7.61. The van der Waals surface area contributed by atoms with Gasteiger partial charge in [-0.15, -0.1) is 0 Å². The van der Waals surface area contributed by atoms with E-state index < -0.39 is 0 Å². The Hall–Kier alpha value is -4.79. The maximum atomic E-state index is 12.8. The Morgan fingerprint density at radius 1 is 1.00 bits per heavy atom. The molecule has 9 nitrogen and oxygen atoms in total. The molecule has 1 aliphatic carbocycles. The maximum absolute atomic E-state index is 12.8. The largest absolute Gasteiger partial charge is 0.365 e. The van der Waals surface area contributed by atoms with Crippen LogP contribution in [0.3, 0.4) is 0 Å². The molecular weight excluding hydrogens is 488 g/mol. The Labute approximate surface area is 224 Å². The number of nitrogens with one attached hydrogen (secondary N) is 4. The molecule has 1 fully saturated rings. The monoisotopic (exact) mass is 516 g/mol. The molecule has 0 radical (unpaired) electrons. The lowest BCUT2D eigenvalue weighted by Gasteiger charge is -2.20. The second-order valence-electron chi connectivity index (χ2n) is 10.3. The molecule has 1 aromatic carbocycles. The van der Waals surface area contributed by atoms with Crippen LogP contribution in [0.15, 0.2) is 61.2 Å². The Kier molecular flexibility index (Phi) is 5.69. The standard InChI is InChI=1S/C30H28N8O/c1-17-10-21(15-32-17)23-8-5-9-25-26(23)36-29(35-25)27-24-12-20(14-33-28(24)38-37-27)19-11-22(16-31-13-19)34-30(39)18-6-3-2-4-7-18/h5,8-16,18,32H,2-4,6-7H2,1H3,(H,34,39)(H,35,36)(H,33,37,38). The smallest absolute Gasteiger partial charge is 0.227 e. The first-order chi connectivity index (χ1) is 19.1. The lowest BCUT2D eigenvalue weighted by molar-refractivity contribution is -0.120. The van der Waals surface area contributed by atoms with E-state index in [4.69, 9.17) is 4.98 Å². The van der Waals surface area contributed by atoms with Crippen molar-refractivity contribution < 1.29 is 4.79 Å². The van der Waals surface area contributed by atoms with Crippen LogP contribution < -0.4 is 5.32 Å². The lowest BCUT2D eigenvalue weighted by atomic mass is 9.88. The highest BCUT2D eigenvalue weighted by Gasteiger charge is 2.21. The molecule has 0 saturated heterocycles. The minimum Gasteiger partial charge on any atom is -0.365 e. The van der Waals surface area contributed by atoms with E-state index in [2.05, 4.69) is 47.6 Å². The number of hydrogen-bond acceptors (Lipinski definition) is 5. The van der Waals surface area contributed by atoms with Crippen LogP contribution in [0.2, 0.25) is 0 Å². The van der Waals surface area contributed by atoms with Crippen LogP contribution in [-0.4, -0.2) is 41.0 Å². The number of aromatic nitrogens is 7. The summed E-state index contributed by atoms with van der Waals surface area (Å²) in [5, 5.41) is 11.5. The van der Waals surface area contributed by atoms with Crippen molar-refractivity contribution in [1.29, 1.82) is 0 Å². The molecule has 0 bridgehead atoms. The first-order valence-corrected chi connectivity index (χ1v) is 13.4. The van der Waals surface area contributed by atoms with Crippen molar-refractivity contribution in [1.82, 2.24) is 35.1 Å². The normalized spacial score (nSPS) is 14.3. The van der Waals surface area contributed by atoms with Crippen LogP contribution in [0.4, 0.5) is 5.69 Å². The summed E-state index contributed by atoms with van der Waals surface area (Å²) in [5.41, 5.74) is 8.90. The van der Waals surface area contributed by atoms with Crippen LogP contribution in [0, 0.1) is 12.8 Å². The van der Waals surface area contributed by atoms with Crippen LogP contribution >= 0.6 is 0 Å². The molecular formula is C30H28N8O. The minimum absolute atomic E-state index is 0.0819. The van der Waals surface area contributed by atoms with Gasteiger partial charge in [0.15, 0.2) is 11.5 Å². The van der Waals surface area contributed by atoms with Gasteiger partial charge in [-0.05, 0) is 44.0 Å². The minimum atomic E-state index is 0.0819. The Bertz CT molecular complexity index is 1820. The SMILES string of the molecule is Cc1cc(-c2cccc3[nH]c(-c4[nH]nc5ncc(-c6cncc(NC(=O)C7CCCCC7)c6)cc45)nc23)c[nH]1. The second kappa shape index (κ2) is 9.50. The number of hydrogen-bond donors (Lipinski definition) is 4. The summed E-state index contributed by atoms with van der Waals surface area (Å²) >= 11 is 0. The maximum Gasteiger partial charge on any atom is 0.227 e. The summed E-state index contributed by atoms with van der Waals surface area (Å²) in [6.45, 7) is 2.04. The number of aromatic amines is 3. The molecule has 1 amide bonds. The van der Waals surface area contributed by atoms with Gasteiger partial charge in [-0.25, -0.2) is 9.97 Å². The summed E-state index contributed by atoms with van der Waals surface area (Å²) in [6, 6.07) is 12.2. The number of rotatable bonds is 5. The number of carbonyl (C=O) groups excluding carboxylic acids is 1. The van der Waals surface area contributed by atoms with E-state index in [-0.39, 0.29) is 11.8 Å². The molecule has 7 rings (SSSR count). The number of pyridine rings is 2. The number of fused-ring (bicyclic) bond motifs is 2. The van der Waals surface area contributed by atoms with Crippen molar-refractivity contribution in [2.75, 3.05) is 5.32 Å². The highest BCUT2D eigenvalue weighted by atomic mass is 16.1. The van der Waals surface area contributed by atoms with Gasteiger partial charge in [0.2, 0.25) is 5.91 Å². The highest BCUT2D eigenvalue weighted by molar-refractivity contribution is 5.97. The summed E-state index contributed by atoms with van der Waals surface area (Å²) in [7, 11) is 0. The van der Waals surface area contributed by atoms with Gasteiger partial charge < -0.3 is 15.3 Å². The topological polar surface area (TPSA) is 128 Å². The van der Waals surface area contributed by atoms with Gasteiger partial charge in [0, 0.05) is 52.5 Å². The number of para-hydroxylation sites is 1. The van der Waals surface area contributed by atoms with E-state index in [9.17, 15) is 4.79 Å². The van der Waals surface area contributed by atoms with E-state index >= 15 is 0 Å². The lowest BCUT2D eigenvalue weighted by Crippen LogP contribution is -2.24. The van der Waals surface area contributed by atoms with Crippen LogP contribution in [0.5, 0.6) is 0 Å². The quantitative estimate of drug-likeness (QED) is 0.211. The first kappa shape index (κ1) is 23.3. The third kappa shape index (κ3) is 4.35. The third-order valence-electron chi connectivity index (χ3n) is 7.61. The number of aryl methyl sites for hydroxylation is 1. The van der Waals surface area contributed by atoms with E-state index in [1.54, 1.807) is 18.6 Å². The molecule has 0 aliphatic heterocycles. The van der Waals surface area contributed by atoms with Crippen molar-refractivity contribution in [3.63, 3.8) is 0 Å². The van der Waals surface area contributed by atoms with Gasteiger partial charge in [0.1, 0.15) is 5.69 Å². The zero-order chi connectivity index (χ0) is 26.3. The molecule has 5 aromatic heterocycles. The molecule has 9 heteroatoms. The zero-order valence-electron chi connectivity index (χ0n) is 21.6. The van der Waals surface area contributed by atoms with Crippen LogP contribution in [-0.2, 0) is 4.79 Å². The first-order valence-electron chi connectivity index (χ1n) is 13.4. The van der Waals surface area contributed by atoms with Gasteiger partial charge in [-0.1, -0.05) is 31.4 Å². The van der Waals surface area contributed by atoms with Crippen LogP contribution in [0.25, 0.3) is 55.8 Å². The van der Waals surface area contributed by atoms with Gasteiger partial charge in [0.05, 0.1) is 28.3 Å². The Balaban J connectivity index is 1.22. The number of carbonyl (C=O) groups is 1. The molecule has 39 heavy (non-hydrogen) atoms. The number of anilines is 1. The van der Waals surface area contributed by atoms with Crippen molar-refractivity contribution in [2.24, 2.45) is 5.92 Å². The summed E-state index contributed by atoms with van der Waals surface area (Å²) < 4.78 is 0. The van der Waals surface area contributed by atoms with Gasteiger partial charge in [-0.2, -0.15) is 5.10 Å². The van der Waals surface area contributed by atoms with Gasteiger partial charge in [-0.3, -0.25) is 14.9 Å². The predicted molar refractivity (Wildman–Crippen MR) is 152 cm³/mol. The van der Waals surface area contributed by atoms with E-state index in [1.807, 2.05) is 37.4 Å². The molecule has 5 heterocycles. The molecule has 1 saturated carbocycles. The van der Waals surface area contributed by atoms with Gasteiger partial charge >= 0.3 is 0 Å². The Morgan fingerprint density at radius 3 is 2.72 bits per heavy atom. The molecule has 0 atom stereocenters. The summed E-state index contributed by atoms with van der Waals surface area (Å²) in [6.07, 6.45) is 12.6. The fourth-order valence-electron chi connectivity index (χ4n) is 5.56. The molecule has 1 aliphatic rings. The van der Waals surface area contributed by atoms with E-state index in [1.165, 1.54) is 6.42 Å². The van der Waals surface area contributed by atoms with Crippen LogP contribution in [0.1, 0.15) is 37.8 Å². The summed E-state index contributed by atoms with van der Waals surface area (Å²) in [5.74, 6) is 0.857. The second-order valence-corrected chi connectivity index (χ2v) is 10.3. The van der Waals surface area contributed by atoms with E-state index in [0.717, 1.165) is 75.7 Å². The number of H-pyrrole nitrogens is 3. The number of imidazole rings is 1. The van der Waals surface area contributed by atoms with Gasteiger partial charge in [0.25, 0.3) is 0 Å². The Morgan fingerprint density at radius 2 is 1.87 bits per heavy atom. The van der Waals surface area contributed by atoms with Crippen molar-refractivity contribution in [2.45, 2.75) is 39.0 Å². The molecule has 194 valence electrons. The zero-order valence-corrected chi connectivity index (χ0v) is 21.6. The van der Waals surface area contributed by atoms with E-state index in [0.29, 0.717) is 17.2 Å². The number of nitrogens with zero attached hydrogens (tertiary/aromatic N) is 4. The highest BCUT2D eigenvalue weighted by Crippen LogP contribution is 2.33. The van der Waals surface area contributed by atoms with Crippen molar-refractivity contribution >= 4 is 33.7 Å². The summed E-state index contributed by atoms with van der Waals surface area (Å²) in [4.78, 5) is 33.4. The average molecular weight is 517 g/mol.